The molecule has 21 heavy (non-hydrogen) atoms. The molecule has 1 aromatic heterocycles. The maximum absolute atomic E-state index is 12.1. The van der Waals surface area contributed by atoms with E-state index in [1.807, 2.05) is 11.9 Å². The van der Waals surface area contributed by atoms with Crippen LogP contribution in [0.3, 0.4) is 0 Å². The third-order valence-corrected chi connectivity index (χ3v) is 4.86. The fourth-order valence-electron chi connectivity index (χ4n) is 2.54. The zero-order valence-corrected chi connectivity index (χ0v) is 12.9. The second-order valence-electron chi connectivity index (χ2n) is 5.22. The molecule has 0 radical (unpaired) electrons. The molecule has 1 aliphatic rings. The van der Waals surface area contributed by atoms with Crippen LogP contribution in [0.15, 0.2) is 18.2 Å². The summed E-state index contributed by atoms with van der Waals surface area (Å²) in [4.78, 5) is 26.4. The van der Waals surface area contributed by atoms with E-state index in [0.29, 0.717) is 10.9 Å². The number of hydrogen-bond donors (Lipinski definition) is 2. The fourth-order valence-corrected chi connectivity index (χ4v) is 3.34. The molecule has 6 heteroatoms. The molecule has 2 rings (SSSR count). The molecule has 0 saturated heterocycles. The lowest BCUT2D eigenvalue weighted by Crippen LogP contribution is -2.37. The Morgan fingerprint density at radius 1 is 1.33 bits per heavy atom. The van der Waals surface area contributed by atoms with E-state index >= 15 is 0 Å². The van der Waals surface area contributed by atoms with E-state index in [4.69, 9.17) is 5.21 Å². The van der Waals surface area contributed by atoms with Gasteiger partial charge in [-0.1, -0.05) is 19.3 Å². The summed E-state index contributed by atoms with van der Waals surface area (Å²) in [5.74, 6) is -0.547. The molecular formula is C15H20N2O3S. The number of carbonyl (C=O) groups is 2. The Morgan fingerprint density at radius 3 is 2.71 bits per heavy atom. The van der Waals surface area contributed by atoms with Gasteiger partial charge in [0.15, 0.2) is 0 Å². The third-order valence-electron chi connectivity index (χ3n) is 3.81. The molecule has 1 fully saturated rings. The van der Waals surface area contributed by atoms with Crippen LogP contribution in [0.1, 0.15) is 46.7 Å². The molecule has 1 heterocycles. The second-order valence-corrected chi connectivity index (χ2v) is 6.33. The van der Waals surface area contributed by atoms with E-state index < -0.39 is 5.91 Å². The van der Waals surface area contributed by atoms with Gasteiger partial charge in [-0.2, -0.15) is 0 Å². The molecule has 0 unspecified atom stereocenters. The Labute approximate surface area is 128 Å². The number of carbonyl (C=O) groups excluding carboxylic acids is 2. The van der Waals surface area contributed by atoms with Crippen molar-refractivity contribution in [2.24, 2.45) is 0 Å². The van der Waals surface area contributed by atoms with Gasteiger partial charge in [-0.3, -0.25) is 14.8 Å². The molecule has 0 spiro atoms. The summed E-state index contributed by atoms with van der Waals surface area (Å²) in [6, 6.07) is 3.71. The fraction of sp³-hybridized carbons (Fsp3) is 0.467. The minimum absolute atomic E-state index is 0.0107. The monoisotopic (exact) mass is 308 g/mol. The Bertz CT molecular complexity index is 533. The maximum atomic E-state index is 12.1. The van der Waals surface area contributed by atoms with Gasteiger partial charge in [-0.15, -0.1) is 11.3 Å². The lowest BCUT2D eigenvalue weighted by molar-refractivity contribution is -0.127. The minimum atomic E-state index is -0.537. The maximum Gasteiger partial charge on any atom is 0.284 e. The predicted octanol–water partition coefficient (Wildman–Crippen LogP) is 2.67. The van der Waals surface area contributed by atoms with Crippen LogP contribution in [0.5, 0.6) is 0 Å². The summed E-state index contributed by atoms with van der Waals surface area (Å²) in [5, 5.41) is 8.56. The van der Waals surface area contributed by atoms with E-state index in [9.17, 15) is 9.59 Å². The van der Waals surface area contributed by atoms with Crippen molar-refractivity contribution in [3.63, 3.8) is 0 Å². The number of likely N-dealkylation sites (N-methyl/N-ethyl adjacent to an activating group) is 1. The van der Waals surface area contributed by atoms with Crippen LogP contribution in [0.2, 0.25) is 0 Å². The smallest absolute Gasteiger partial charge is 0.284 e. The van der Waals surface area contributed by atoms with Gasteiger partial charge < -0.3 is 4.90 Å². The third kappa shape index (κ3) is 4.15. The normalized spacial score (nSPS) is 16.1. The number of amides is 2. The zero-order chi connectivity index (χ0) is 15.2. The van der Waals surface area contributed by atoms with Crippen LogP contribution in [0, 0.1) is 0 Å². The van der Waals surface area contributed by atoms with Crippen molar-refractivity contribution in [2.45, 2.75) is 38.1 Å². The van der Waals surface area contributed by atoms with Crippen molar-refractivity contribution >= 4 is 29.2 Å². The van der Waals surface area contributed by atoms with Crippen molar-refractivity contribution in [1.29, 1.82) is 0 Å². The predicted molar refractivity (Wildman–Crippen MR) is 82.2 cm³/mol. The topological polar surface area (TPSA) is 69.6 Å². The average molecular weight is 308 g/mol. The number of thiophene rings is 1. The molecule has 2 amide bonds. The molecule has 0 atom stereocenters. The standard InChI is InChI=1S/C15H20N2O3S/c1-17(11-5-3-2-4-6-11)14(18)10-8-12-7-9-13(21-12)15(19)16-20/h7-11,20H,2-6H2,1H3,(H,16,19). The first kappa shape index (κ1) is 15.7. The molecule has 0 aromatic carbocycles. The van der Waals surface area contributed by atoms with Gasteiger partial charge in [0.2, 0.25) is 5.91 Å². The highest BCUT2D eigenvalue weighted by molar-refractivity contribution is 7.14. The van der Waals surface area contributed by atoms with E-state index in [1.165, 1.54) is 30.6 Å². The summed E-state index contributed by atoms with van der Waals surface area (Å²) in [6.45, 7) is 0. The highest BCUT2D eigenvalue weighted by atomic mass is 32.1. The van der Waals surface area contributed by atoms with Gasteiger partial charge in [0.25, 0.3) is 5.91 Å². The summed E-state index contributed by atoms with van der Waals surface area (Å²) in [5.41, 5.74) is 1.59. The average Bonchev–Trinajstić information content (AvgIpc) is 3.01. The molecule has 1 aromatic rings. The van der Waals surface area contributed by atoms with Gasteiger partial charge in [0.1, 0.15) is 0 Å². The van der Waals surface area contributed by atoms with E-state index in [1.54, 1.807) is 29.8 Å². The summed E-state index contributed by atoms with van der Waals surface area (Å²) >= 11 is 1.23. The van der Waals surface area contributed by atoms with Crippen LogP contribution in [0.25, 0.3) is 6.08 Å². The van der Waals surface area contributed by atoms with Crippen molar-refractivity contribution in [3.8, 4) is 0 Å². The number of rotatable bonds is 4. The van der Waals surface area contributed by atoms with Crippen LogP contribution in [0.4, 0.5) is 0 Å². The van der Waals surface area contributed by atoms with Gasteiger partial charge in [0.05, 0.1) is 4.88 Å². The zero-order valence-electron chi connectivity index (χ0n) is 12.0. The summed E-state index contributed by atoms with van der Waals surface area (Å²) in [7, 11) is 1.85. The quantitative estimate of drug-likeness (QED) is 0.510. The molecule has 0 aliphatic heterocycles. The molecule has 1 saturated carbocycles. The lowest BCUT2D eigenvalue weighted by Gasteiger charge is -2.30. The van der Waals surface area contributed by atoms with E-state index in [0.717, 1.165) is 17.7 Å². The van der Waals surface area contributed by atoms with Crippen molar-refractivity contribution in [1.82, 2.24) is 10.4 Å². The summed E-state index contributed by atoms with van der Waals surface area (Å²) < 4.78 is 0. The first-order valence-electron chi connectivity index (χ1n) is 7.11. The van der Waals surface area contributed by atoms with Crippen LogP contribution in [-0.4, -0.2) is 35.0 Å². The number of hydrogen-bond acceptors (Lipinski definition) is 4. The van der Waals surface area contributed by atoms with Crippen molar-refractivity contribution < 1.29 is 14.8 Å². The van der Waals surface area contributed by atoms with Crippen LogP contribution in [-0.2, 0) is 4.79 Å². The SMILES string of the molecule is CN(C(=O)C=Cc1ccc(C(=O)NO)s1)C1CCCCC1. The Morgan fingerprint density at radius 2 is 2.05 bits per heavy atom. The summed E-state index contributed by atoms with van der Waals surface area (Å²) in [6.07, 6.45) is 9.06. The Hall–Kier alpha value is -1.66. The first-order valence-corrected chi connectivity index (χ1v) is 7.92. The second kappa shape index (κ2) is 7.38. The van der Waals surface area contributed by atoms with Crippen LogP contribution < -0.4 is 5.48 Å². The highest BCUT2D eigenvalue weighted by Crippen LogP contribution is 2.22. The number of nitrogens with zero attached hydrogens (tertiary/aromatic N) is 1. The van der Waals surface area contributed by atoms with Crippen molar-refractivity contribution in [3.05, 3.63) is 28.0 Å². The molecular weight excluding hydrogens is 288 g/mol. The largest absolute Gasteiger partial charge is 0.339 e. The Kier molecular flexibility index (Phi) is 5.52. The molecule has 1 aliphatic carbocycles. The molecule has 0 bridgehead atoms. The van der Waals surface area contributed by atoms with Gasteiger partial charge in [0, 0.05) is 24.0 Å². The van der Waals surface area contributed by atoms with Gasteiger partial charge >= 0.3 is 0 Å². The number of hydroxylamine groups is 1. The van der Waals surface area contributed by atoms with E-state index in [2.05, 4.69) is 0 Å². The van der Waals surface area contributed by atoms with Gasteiger partial charge in [-0.05, 0) is 31.1 Å². The van der Waals surface area contributed by atoms with Gasteiger partial charge in [-0.25, -0.2) is 5.48 Å². The minimum Gasteiger partial charge on any atom is -0.339 e. The lowest BCUT2D eigenvalue weighted by atomic mass is 9.94. The first-order chi connectivity index (χ1) is 10.1. The molecule has 114 valence electrons. The highest BCUT2D eigenvalue weighted by Gasteiger charge is 2.20. The molecule has 5 nitrogen and oxygen atoms in total. The van der Waals surface area contributed by atoms with Crippen LogP contribution >= 0.6 is 11.3 Å². The Balaban J connectivity index is 1.94. The van der Waals surface area contributed by atoms with Crippen molar-refractivity contribution in [2.75, 3.05) is 7.05 Å². The van der Waals surface area contributed by atoms with E-state index in [-0.39, 0.29) is 5.91 Å². The number of nitrogens with one attached hydrogen (secondary N) is 1. The molecule has 2 N–H and O–H groups in total.